The van der Waals surface area contributed by atoms with Crippen LogP contribution >= 0.6 is 0 Å². The summed E-state index contributed by atoms with van der Waals surface area (Å²) in [6.07, 6.45) is 0. The lowest BCUT2D eigenvalue weighted by Gasteiger charge is -2.32. The lowest BCUT2D eigenvalue weighted by Crippen LogP contribution is -2.41. The number of nitrogens with two attached hydrogens (primary N) is 1. The number of benzene rings is 1. The Bertz CT molecular complexity index is 376. The van der Waals surface area contributed by atoms with Crippen LogP contribution in [0.3, 0.4) is 0 Å². The van der Waals surface area contributed by atoms with E-state index in [1.165, 1.54) is 0 Å². The highest BCUT2D eigenvalue weighted by atomic mass is 16.7. The minimum absolute atomic E-state index is 0.253. The van der Waals surface area contributed by atoms with Gasteiger partial charge in [0.25, 0.3) is 0 Å². The third-order valence-electron chi connectivity index (χ3n) is 3.75. The maximum absolute atomic E-state index is 6.19. The molecule has 2 rings (SSSR count). The van der Waals surface area contributed by atoms with Crippen molar-refractivity contribution in [2.75, 3.05) is 0 Å². The minimum atomic E-state index is -0.387. The molecule has 4 heteroatoms. The first-order chi connectivity index (χ1) is 7.83. The summed E-state index contributed by atoms with van der Waals surface area (Å²) in [5, 5.41) is 0. The fourth-order valence-electron chi connectivity index (χ4n) is 1.87. The van der Waals surface area contributed by atoms with Gasteiger partial charge in [-0.3, -0.25) is 0 Å². The Labute approximate surface area is 103 Å². The molecule has 1 atom stereocenters. The zero-order valence-electron chi connectivity index (χ0n) is 10.9. The van der Waals surface area contributed by atoms with E-state index in [0.29, 0.717) is 0 Å². The maximum atomic E-state index is 6.19. The Kier molecular flexibility index (Phi) is 3.06. The van der Waals surface area contributed by atoms with Gasteiger partial charge in [0.1, 0.15) is 0 Å². The van der Waals surface area contributed by atoms with Crippen LogP contribution in [0.15, 0.2) is 30.3 Å². The highest BCUT2D eigenvalue weighted by Crippen LogP contribution is 2.39. The Balaban J connectivity index is 2.17. The predicted octanol–water partition coefficient (Wildman–Crippen LogP) is 2.32. The predicted molar refractivity (Wildman–Crippen MR) is 69.5 cm³/mol. The SMILES string of the molecule is CC1(C)OB([C@@H](N)c2ccccc2)OC1(C)C. The molecule has 0 aromatic heterocycles. The van der Waals surface area contributed by atoms with Gasteiger partial charge in [0.05, 0.1) is 17.1 Å². The summed E-state index contributed by atoms with van der Waals surface area (Å²) in [6, 6.07) is 9.91. The molecule has 1 aromatic carbocycles. The van der Waals surface area contributed by atoms with E-state index in [1.807, 2.05) is 58.0 Å². The lowest BCUT2D eigenvalue weighted by atomic mass is 9.75. The first kappa shape index (κ1) is 12.6. The average molecular weight is 233 g/mol. The molecule has 1 heterocycles. The highest BCUT2D eigenvalue weighted by molar-refractivity contribution is 6.47. The molecule has 1 fully saturated rings. The van der Waals surface area contributed by atoms with Gasteiger partial charge in [0.2, 0.25) is 0 Å². The molecule has 92 valence electrons. The number of rotatable bonds is 2. The van der Waals surface area contributed by atoms with Crippen LogP contribution in [0, 0.1) is 0 Å². The molecule has 17 heavy (non-hydrogen) atoms. The van der Waals surface area contributed by atoms with Crippen molar-refractivity contribution in [3.63, 3.8) is 0 Å². The van der Waals surface area contributed by atoms with Crippen molar-refractivity contribution in [3.05, 3.63) is 35.9 Å². The van der Waals surface area contributed by atoms with E-state index >= 15 is 0 Å². The van der Waals surface area contributed by atoms with E-state index in [2.05, 4.69) is 0 Å². The van der Waals surface area contributed by atoms with Crippen LogP contribution in [0.2, 0.25) is 0 Å². The van der Waals surface area contributed by atoms with Gasteiger partial charge in [-0.05, 0) is 33.3 Å². The molecule has 1 aliphatic heterocycles. The smallest absolute Gasteiger partial charge is 0.402 e. The Morgan fingerprint density at radius 3 is 1.94 bits per heavy atom. The second-order valence-electron chi connectivity index (χ2n) is 5.56. The number of hydrogen-bond acceptors (Lipinski definition) is 3. The van der Waals surface area contributed by atoms with Crippen molar-refractivity contribution >= 4 is 7.12 Å². The molecule has 0 saturated carbocycles. The Morgan fingerprint density at radius 2 is 1.47 bits per heavy atom. The molecule has 0 radical (unpaired) electrons. The van der Waals surface area contributed by atoms with Gasteiger partial charge < -0.3 is 15.0 Å². The second-order valence-corrected chi connectivity index (χ2v) is 5.56. The molecule has 1 aliphatic rings. The van der Waals surface area contributed by atoms with Crippen molar-refractivity contribution in [3.8, 4) is 0 Å². The standard InChI is InChI=1S/C13H20BNO2/c1-12(2)13(3,4)17-14(16-12)11(15)10-8-6-5-7-9-10/h5-9,11H,15H2,1-4H3/t11-/m0/s1. The topological polar surface area (TPSA) is 44.5 Å². The van der Waals surface area contributed by atoms with E-state index in [9.17, 15) is 0 Å². The van der Waals surface area contributed by atoms with Crippen LogP contribution in [0.1, 0.15) is 39.2 Å². The summed E-state index contributed by atoms with van der Waals surface area (Å²) < 4.78 is 11.9. The monoisotopic (exact) mass is 233 g/mol. The van der Waals surface area contributed by atoms with Gasteiger partial charge in [0, 0.05) is 0 Å². The van der Waals surface area contributed by atoms with E-state index in [-0.39, 0.29) is 24.3 Å². The number of hydrogen-bond donors (Lipinski definition) is 1. The Hall–Kier alpha value is -0.835. The van der Waals surface area contributed by atoms with Crippen LogP contribution in [0.25, 0.3) is 0 Å². The highest BCUT2D eigenvalue weighted by Gasteiger charge is 2.53. The molecule has 0 bridgehead atoms. The summed E-state index contributed by atoms with van der Waals surface area (Å²) in [5.74, 6) is -0.253. The minimum Gasteiger partial charge on any atom is -0.402 e. The van der Waals surface area contributed by atoms with Crippen LogP contribution in [-0.2, 0) is 9.31 Å². The summed E-state index contributed by atoms with van der Waals surface area (Å²) >= 11 is 0. The summed E-state index contributed by atoms with van der Waals surface area (Å²) in [4.78, 5) is 0. The van der Waals surface area contributed by atoms with Crippen LogP contribution in [0.5, 0.6) is 0 Å². The van der Waals surface area contributed by atoms with Gasteiger partial charge in [0.15, 0.2) is 0 Å². The lowest BCUT2D eigenvalue weighted by molar-refractivity contribution is 0.00578. The van der Waals surface area contributed by atoms with Crippen LogP contribution in [0.4, 0.5) is 0 Å². The molecule has 3 nitrogen and oxygen atoms in total. The van der Waals surface area contributed by atoms with Crippen LogP contribution in [-0.4, -0.2) is 18.3 Å². The largest absolute Gasteiger partial charge is 0.480 e. The summed E-state index contributed by atoms with van der Waals surface area (Å²) in [5.41, 5.74) is 6.57. The van der Waals surface area contributed by atoms with Gasteiger partial charge in [-0.1, -0.05) is 30.3 Å². The molecular formula is C13H20BNO2. The van der Waals surface area contributed by atoms with Gasteiger partial charge >= 0.3 is 7.12 Å². The average Bonchev–Trinajstić information content (AvgIpc) is 2.48. The third-order valence-corrected chi connectivity index (χ3v) is 3.75. The van der Waals surface area contributed by atoms with E-state index in [4.69, 9.17) is 15.0 Å². The molecule has 0 spiro atoms. The first-order valence-corrected chi connectivity index (χ1v) is 6.00. The van der Waals surface area contributed by atoms with Crippen molar-refractivity contribution in [1.29, 1.82) is 0 Å². The zero-order chi connectivity index (χ0) is 12.7. The van der Waals surface area contributed by atoms with Crippen molar-refractivity contribution in [2.45, 2.75) is 44.8 Å². The Morgan fingerprint density at radius 1 is 1.00 bits per heavy atom. The molecular weight excluding hydrogens is 213 g/mol. The molecule has 0 unspecified atom stereocenters. The normalized spacial score (nSPS) is 23.7. The van der Waals surface area contributed by atoms with Crippen molar-refractivity contribution in [2.24, 2.45) is 5.73 Å². The molecule has 1 saturated heterocycles. The third kappa shape index (κ3) is 2.25. The quantitative estimate of drug-likeness (QED) is 0.797. The van der Waals surface area contributed by atoms with Gasteiger partial charge in [-0.2, -0.15) is 0 Å². The van der Waals surface area contributed by atoms with Gasteiger partial charge in [-0.15, -0.1) is 0 Å². The van der Waals surface area contributed by atoms with Crippen molar-refractivity contribution < 1.29 is 9.31 Å². The first-order valence-electron chi connectivity index (χ1n) is 6.00. The second kappa shape index (κ2) is 4.12. The molecule has 0 amide bonds. The van der Waals surface area contributed by atoms with E-state index in [1.54, 1.807) is 0 Å². The fourth-order valence-corrected chi connectivity index (χ4v) is 1.87. The maximum Gasteiger partial charge on any atom is 0.480 e. The molecule has 1 aromatic rings. The van der Waals surface area contributed by atoms with E-state index < -0.39 is 0 Å². The molecule has 0 aliphatic carbocycles. The van der Waals surface area contributed by atoms with Crippen molar-refractivity contribution in [1.82, 2.24) is 0 Å². The van der Waals surface area contributed by atoms with Gasteiger partial charge in [-0.25, -0.2) is 0 Å². The van der Waals surface area contributed by atoms with E-state index in [0.717, 1.165) is 5.56 Å². The zero-order valence-corrected chi connectivity index (χ0v) is 10.9. The summed E-state index contributed by atoms with van der Waals surface area (Å²) in [6.45, 7) is 8.13. The fraction of sp³-hybridized carbons (Fsp3) is 0.538. The molecule has 2 N–H and O–H groups in total. The summed E-state index contributed by atoms with van der Waals surface area (Å²) in [7, 11) is -0.387. The van der Waals surface area contributed by atoms with Crippen LogP contribution < -0.4 is 5.73 Å².